The van der Waals surface area contributed by atoms with E-state index in [0.717, 1.165) is 6.07 Å². The van der Waals surface area contributed by atoms with E-state index in [2.05, 4.69) is 5.32 Å². The maximum Gasteiger partial charge on any atom is 0.418 e. The van der Waals surface area contributed by atoms with Gasteiger partial charge in [-0.1, -0.05) is 11.6 Å². The summed E-state index contributed by atoms with van der Waals surface area (Å²) in [5.74, 6) is -0.400. The van der Waals surface area contributed by atoms with Gasteiger partial charge in [-0.2, -0.15) is 13.2 Å². The van der Waals surface area contributed by atoms with Crippen molar-refractivity contribution in [3.05, 3.63) is 28.3 Å². The number of aliphatic hydroxyl groups excluding tert-OH is 1. The van der Waals surface area contributed by atoms with Crippen LogP contribution in [-0.4, -0.2) is 30.3 Å². The first kappa shape index (κ1) is 18.7. The topological polar surface area (TPSA) is 58.6 Å². The zero-order chi connectivity index (χ0) is 17.1. The molecular weight excluding hydrogens is 323 g/mol. The number of carbonyl (C=O) groups is 1. The lowest BCUT2D eigenvalue weighted by Crippen LogP contribution is -2.28. The molecule has 124 valence electrons. The first-order chi connectivity index (χ1) is 10.1. The number of benzene rings is 1. The van der Waals surface area contributed by atoms with Crippen LogP contribution >= 0.6 is 11.6 Å². The minimum atomic E-state index is -4.59. The van der Waals surface area contributed by atoms with E-state index in [-0.39, 0.29) is 22.7 Å². The molecule has 0 aliphatic heterocycles. The Morgan fingerprint density at radius 1 is 1.45 bits per heavy atom. The van der Waals surface area contributed by atoms with Gasteiger partial charge < -0.3 is 15.2 Å². The molecule has 22 heavy (non-hydrogen) atoms. The predicted molar refractivity (Wildman–Crippen MR) is 76.9 cm³/mol. The Morgan fingerprint density at radius 3 is 2.45 bits per heavy atom. The van der Waals surface area contributed by atoms with Gasteiger partial charge in [0.15, 0.2) is 12.1 Å². The number of anilines is 1. The van der Waals surface area contributed by atoms with Crippen molar-refractivity contribution in [2.24, 2.45) is 0 Å². The van der Waals surface area contributed by atoms with E-state index in [1.54, 1.807) is 0 Å². The van der Waals surface area contributed by atoms with Crippen molar-refractivity contribution in [2.45, 2.75) is 38.8 Å². The fourth-order valence-corrected chi connectivity index (χ4v) is 2.33. The van der Waals surface area contributed by atoms with E-state index >= 15 is 0 Å². The standard InChI is InChI=1S/C14H17ClF3NO3/c1-7(20)12(22-8(2)21)6-9-4-10(14(16,17)18)13(19-3)11(15)5-9/h4-5,8,12,19,21H,6H2,1-3H3/t8?,12-/m1/s1. The minimum Gasteiger partial charge on any atom is -0.386 e. The van der Waals surface area contributed by atoms with Gasteiger partial charge in [0.2, 0.25) is 0 Å². The van der Waals surface area contributed by atoms with Crippen LogP contribution < -0.4 is 5.32 Å². The number of carbonyl (C=O) groups excluding carboxylic acids is 1. The van der Waals surface area contributed by atoms with Crippen LogP contribution in [0.3, 0.4) is 0 Å². The molecule has 2 atom stereocenters. The number of alkyl halides is 3. The summed E-state index contributed by atoms with van der Waals surface area (Å²) in [5.41, 5.74) is -0.956. The number of ketones is 1. The number of halogens is 4. The zero-order valence-corrected chi connectivity index (χ0v) is 13.0. The lowest BCUT2D eigenvalue weighted by Gasteiger charge is -2.20. The molecule has 0 amide bonds. The smallest absolute Gasteiger partial charge is 0.386 e. The van der Waals surface area contributed by atoms with E-state index in [0.29, 0.717) is 0 Å². The summed E-state index contributed by atoms with van der Waals surface area (Å²) in [4.78, 5) is 11.5. The summed E-state index contributed by atoms with van der Waals surface area (Å²) >= 11 is 5.87. The van der Waals surface area contributed by atoms with Crippen LogP contribution in [0.2, 0.25) is 5.02 Å². The zero-order valence-electron chi connectivity index (χ0n) is 12.3. The molecule has 1 unspecified atom stereocenters. The Morgan fingerprint density at radius 2 is 2.05 bits per heavy atom. The molecule has 0 aliphatic rings. The number of ether oxygens (including phenoxy) is 1. The molecule has 0 heterocycles. The van der Waals surface area contributed by atoms with Crippen LogP contribution in [0.5, 0.6) is 0 Å². The highest BCUT2D eigenvalue weighted by Gasteiger charge is 2.35. The van der Waals surface area contributed by atoms with Gasteiger partial charge in [-0.25, -0.2) is 0 Å². The lowest BCUT2D eigenvalue weighted by molar-refractivity contribution is -0.152. The molecule has 1 aromatic carbocycles. The Bertz CT molecular complexity index is 547. The van der Waals surface area contributed by atoms with Crippen molar-refractivity contribution in [2.75, 3.05) is 12.4 Å². The second-order valence-electron chi connectivity index (χ2n) is 4.79. The molecule has 0 bridgehead atoms. The first-order valence-electron chi connectivity index (χ1n) is 6.47. The minimum absolute atomic E-state index is 0.105. The van der Waals surface area contributed by atoms with Crippen molar-refractivity contribution < 1.29 is 27.8 Å². The molecule has 8 heteroatoms. The molecule has 4 nitrogen and oxygen atoms in total. The van der Waals surface area contributed by atoms with Crippen LogP contribution in [0.15, 0.2) is 12.1 Å². The van der Waals surface area contributed by atoms with Crippen LogP contribution in [0.4, 0.5) is 18.9 Å². The molecule has 1 rings (SSSR count). The highest BCUT2D eigenvalue weighted by atomic mass is 35.5. The molecule has 0 spiro atoms. The average Bonchev–Trinajstić information content (AvgIpc) is 2.35. The summed E-state index contributed by atoms with van der Waals surface area (Å²) in [6, 6.07) is 2.25. The van der Waals surface area contributed by atoms with Gasteiger partial charge in [-0.05, 0) is 31.5 Å². The van der Waals surface area contributed by atoms with Gasteiger partial charge >= 0.3 is 6.18 Å². The summed E-state index contributed by atoms with van der Waals surface area (Å²) in [5, 5.41) is 11.5. The number of aliphatic hydroxyl groups is 1. The van der Waals surface area contributed by atoms with Gasteiger partial charge in [0.1, 0.15) is 6.10 Å². The van der Waals surface area contributed by atoms with Crippen molar-refractivity contribution >= 4 is 23.1 Å². The Hall–Kier alpha value is -1.31. The lowest BCUT2D eigenvalue weighted by atomic mass is 10.0. The average molecular weight is 340 g/mol. The van der Waals surface area contributed by atoms with E-state index in [9.17, 15) is 23.1 Å². The summed E-state index contributed by atoms with van der Waals surface area (Å²) in [6.45, 7) is 2.55. The van der Waals surface area contributed by atoms with E-state index in [1.807, 2.05) is 0 Å². The Labute approximate surface area is 131 Å². The monoisotopic (exact) mass is 339 g/mol. The van der Waals surface area contributed by atoms with Crippen LogP contribution in [0, 0.1) is 0 Å². The fourth-order valence-electron chi connectivity index (χ4n) is 2.00. The normalized spacial score (nSPS) is 14.5. The second-order valence-corrected chi connectivity index (χ2v) is 5.19. The molecule has 1 aromatic rings. The van der Waals surface area contributed by atoms with Crippen molar-refractivity contribution in [3.8, 4) is 0 Å². The largest absolute Gasteiger partial charge is 0.418 e. The molecule has 2 N–H and O–H groups in total. The van der Waals surface area contributed by atoms with Gasteiger partial charge in [0.05, 0.1) is 16.3 Å². The summed E-state index contributed by atoms with van der Waals surface area (Å²) in [6.07, 6.45) is -6.96. The van der Waals surface area contributed by atoms with Crippen LogP contribution in [0.1, 0.15) is 25.0 Å². The van der Waals surface area contributed by atoms with E-state index in [4.69, 9.17) is 16.3 Å². The third-order valence-corrected chi connectivity index (χ3v) is 3.24. The number of hydrogen-bond acceptors (Lipinski definition) is 4. The molecule has 0 saturated heterocycles. The van der Waals surface area contributed by atoms with E-state index < -0.39 is 29.9 Å². The third kappa shape index (κ3) is 4.86. The van der Waals surface area contributed by atoms with Crippen LogP contribution in [0.25, 0.3) is 0 Å². The van der Waals surface area contributed by atoms with Crippen LogP contribution in [-0.2, 0) is 22.1 Å². The van der Waals surface area contributed by atoms with Gasteiger partial charge in [0.25, 0.3) is 0 Å². The van der Waals surface area contributed by atoms with Crippen molar-refractivity contribution in [1.82, 2.24) is 0 Å². The SMILES string of the molecule is CNc1c(Cl)cc(C[C@@H](OC(C)O)C(C)=O)cc1C(F)(F)F. The van der Waals surface area contributed by atoms with Gasteiger partial charge in [0, 0.05) is 13.5 Å². The van der Waals surface area contributed by atoms with E-state index in [1.165, 1.54) is 27.0 Å². The Kier molecular flexibility index (Phi) is 6.22. The van der Waals surface area contributed by atoms with Gasteiger partial charge in [-0.3, -0.25) is 4.79 Å². The summed E-state index contributed by atoms with van der Waals surface area (Å²) < 4.78 is 44.2. The molecule has 0 fully saturated rings. The highest BCUT2D eigenvalue weighted by Crippen LogP contribution is 2.39. The highest BCUT2D eigenvalue weighted by molar-refractivity contribution is 6.33. The van der Waals surface area contributed by atoms with Crippen molar-refractivity contribution in [3.63, 3.8) is 0 Å². The maximum absolute atomic E-state index is 13.1. The predicted octanol–water partition coefficient (Wildman–Crippen LogP) is 3.26. The third-order valence-electron chi connectivity index (χ3n) is 2.94. The number of Topliss-reactive ketones (excluding diaryl/α,β-unsaturated/α-hetero) is 1. The number of rotatable bonds is 6. The van der Waals surface area contributed by atoms with Crippen molar-refractivity contribution in [1.29, 1.82) is 0 Å². The maximum atomic E-state index is 13.1. The second kappa shape index (κ2) is 7.30. The number of nitrogens with one attached hydrogen (secondary N) is 1. The molecule has 0 saturated carbocycles. The molecular formula is C14H17ClF3NO3. The molecule has 0 aliphatic carbocycles. The quantitative estimate of drug-likeness (QED) is 0.781. The summed E-state index contributed by atoms with van der Waals surface area (Å²) in [7, 11) is 1.34. The van der Waals surface area contributed by atoms with Gasteiger partial charge in [-0.15, -0.1) is 0 Å². The first-order valence-corrected chi connectivity index (χ1v) is 6.85. The fraction of sp³-hybridized carbons (Fsp3) is 0.500. The molecule has 0 radical (unpaired) electrons. The molecule has 0 aromatic heterocycles. The number of hydrogen-bond donors (Lipinski definition) is 2. The Balaban J connectivity index is 3.20.